The molecular weight excluding hydrogens is 292 g/mol. The molecule has 0 fully saturated rings. The predicted molar refractivity (Wildman–Crippen MR) is 80.1 cm³/mol. The first-order chi connectivity index (χ1) is 10.5. The summed E-state index contributed by atoms with van der Waals surface area (Å²) in [7, 11) is 0. The van der Waals surface area contributed by atoms with Crippen LogP contribution >= 0.6 is 0 Å². The molecule has 0 aliphatic heterocycles. The lowest BCUT2D eigenvalue weighted by molar-refractivity contribution is -0.317. The van der Waals surface area contributed by atoms with Crippen molar-refractivity contribution in [3.05, 3.63) is 0 Å². The van der Waals surface area contributed by atoms with E-state index in [9.17, 15) is 4.79 Å². The van der Waals surface area contributed by atoms with E-state index in [4.69, 9.17) is 29.0 Å². The molecule has 0 unspecified atom stereocenters. The third-order valence-electron chi connectivity index (χ3n) is 2.20. The lowest BCUT2D eigenvalue weighted by Crippen LogP contribution is -2.11. The van der Waals surface area contributed by atoms with E-state index < -0.39 is 6.16 Å². The van der Waals surface area contributed by atoms with E-state index in [1.807, 2.05) is 27.7 Å². The molecule has 0 aromatic rings. The first kappa shape index (κ1) is 21.1. The van der Waals surface area contributed by atoms with Crippen LogP contribution in [-0.4, -0.2) is 44.8 Å². The zero-order chi connectivity index (χ0) is 16.6. The SMILES string of the molecule is CC(C)OOCCCCOC(=O)OCCCCOOC(C)C. The molecule has 0 aromatic carbocycles. The predicted octanol–water partition coefficient (Wildman–Crippen LogP) is 3.41. The molecule has 0 aliphatic rings. The number of hydrogen-bond donors (Lipinski definition) is 0. The first-order valence-corrected chi connectivity index (χ1v) is 7.88. The van der Waals surface area contributed by atoms with Crippen molar-refractivity contribution in [2.75, 3.05) is 26.4 Å². The minimum Gasteiger partial charge on any atom is -0.434 e. The molecule has 0 radical (unpaired) electrons. The van der Waals surface area contributed by atoms with E-state index in [0.29, 0.717) is 39.3 Å². The fraction of sp³-hybridized carbons (Fsp3) is 0.933. The average Bonchev–Trinajstić information content (AvgIpc) is 2.44. The Morgan fingerprint density at radius 2 is 1.05 bits per heavy atom. The molecule has 0 N–H and O–H groups in total. The number of ether oxygens (including phenoxy) is 2. The quantitative estimate of drug-likeness (QED) is 0.210. The van der Waals surface area contributed by atoms with Gasteiger partial charge in [-0.25, -0.2) is 24.3 Å². The van der Waals surface area contributed by atoms with Crippen LogP contribution < -0.4 is 0 Å². The monoisotopic (exact) mass is 322 g/mol. The normalized spacial score (nSPS) is 11.2. The van der Waals surface area contributed by atoms with Crippen molar-refractivity contribution in [2.24, 2.45) is 0 Å². The van der Waals surface area contributed by atoms with Crippen LogP contribution in [0, 0.1) is 0 Å². The maximum absolute atomic E-state index is 11.2. The Labute approximate surface area is 133 Å². The largest absolute Gasteiger partial charge is 0.508 e. The summed E-state index contributed by atoms with van der Waals surface area (Å²) in [4.78, 5) is 31.0. The number of carbonyl (C=O) groups excluding carboxylic acids is 1. The van der Waals surface area contributed by atoms with Crippen molar-refractivity contribution >= 4 is 6.16 Å². The topological polar surface area (TPSA) is 72.5 Å². The zero-order valence-corrected chi connectivity index (χ0v) is 14.2. The molecule has 7 heteroatoms. The molecule has 0 aliphatic carbocycles. The Bertz CT molecular complexity index is 232. The Morgan fingerprint density at radius 1 is 0.682 bits per heavy atom. The molecule has 132 valence electrons. The zero-order valence-electron chi connectivity index (χ0n) is 14.2. The fourth-order valence-corrected chi connectivity index (χ4v) is 1.25. The van der Waals surface area contributed by atoms with E-state index in [-0.39, 0.29) is 12.2 Å². The van der Waals surface area contributed by atoms with Gasteiger partial charge in [-0.1, -0.05) is 0 Å². The van der Waals surface area contributed by atoms with Gasteiger partial charge in [0.15, 0.2) is 0 Å². The summed E-state index contributed by atoms with van der Waals surface area (Å²) in [5.74, 6) is 0. The maximum Gasteiger partial charge on any atom is 0.508 e. The first-order valence-electron chi connectivity index (χ1n) is 7.88. The molecule has 0 atom stereocenters. The highest BCUT2D eigenvalue weighted by molar-refractivity contribution is 5.59. The third-order valence-corrected chi connectivity index (χ3v) is 2.20. The van der Waals surface area contributed by atoms with Gasteiger partial charge in [0, 0.05) is 0 Å². The maximum atomic E-state index is 11.2. The number of hydrogen-bond acceptors (Lipinski definition) is 7. The van der Waals surface area contributed by atoms with Gasteiger partial charge in [0.05, 0.1) is 38.6 Å². The number of unbranched alkanes of at least 4 members (excludes halogenated alkanes) is 2. The van der Waals surface area contributed by atoms with Crippen LogP contribution in [0.3, 0.4) is 0 Å². The summed E-state index contributed by atoms with van der Waals surface area (Å²) < 4.78 is 9.83. The van der Waals surface area contributed by atoms with Crippen molar-refractivity contribution < 1.29 is 33.8 Å². The number of rotatable bonds is 14. The van der Waals surface area contributed by atoms with E-state index in [1.54, 1.807) is 0 Å². The van der Waals surface area contributed by atoms with E-state index in [1.165, 1.54) is 0 Å². The summed E-state index contributed by atoms with van der Waals surface area (Å²) in [6.07, 6.45) is 2.38. The van der Waals surface area contributed by atoms with E-state index in [2.05, 4.69) is 0 Å². The molecule has 0 heterocycles. The van der Waals surface area contributed by atoms with Crippen LogP contribution in [0.1, 0.15) is 53.4 Å². The highest BCUT2D eigenvalue weighted by Crippen LogP contribution is 1.98. The second-order valence-electron chi connectivity index (χ2n) is 5.30. The molecule has 0 bridgehead atoms. The second-order valence-corrected chi connectivity index (χ2v) is 5.30. The average molecular weight is 322 g/mol. The lowest BCUT2D eigenvalue weighted by atomic mass is 10.3. The van der Waals surface area contributed by atoms with Gasteiger partial charge in [-0.15, -0.1) is 0 Å². The summed E-state index contributed by atoms with van der Waals surface area (Å²) in [6, 6.07) is 0. The molecule has 0 spiro atoms. The van der Waals surface area contributed by atoms with Crippen LogP contribution in [-0.2, 0) is 29.0 Å². The third kappa shape index (κ3) is 17.2. The standard InChI is InChI=1S/C15H30O7/c1-13(2)21-19-11-7-5-9-17-15(16)18-10-6-8-12-20-22-14(3)4/h13-14H,5-12H2,1-4H3. The molecule has 0 saturated heterocycles. The Kier molecular flexibility index (Phi) is 14.4. The molecule has 22 heavy (non-hydrogen) atoms. The van der Waals surface area contributed by atoms with Crippen LogP contribution in [0.2, 0.25) is 0 Å². The van der Waals surface area contributed by atoms with Gasteiger partial charge >= 0.3 is 6.16 Å². The van der Waals surface area contributed by atoms with Gasteiger partial charge in [0.2, 0.25) is 0 Å². The van der Waals surface area contributed by atoms with Crippen molar-refractivity contribution in [1.82, 2.24) is 0 Å². The van der Waals surface area contributed by atoms with Gasteiger partial charge in [-0.05, 0) is 53.4 Å². The van der Waals surface area contributed by atoms with Crippen molar-refractivity contribution in [1.29, 1.82) is 0 Å². The Hall–Kier alpha value is -0.890. The van der Waals surface area contributed by atoms with Gasteiger partial charge in [-0.2, -0.15) is 0 Å². The minimum atomic E-state index is -0.640. The van der Waals surface area contributed by atoms with E-state index in [0.717, 1.165) is 12.8 Å². The lowest BCUT2D eigenvalue weighted by Gasteiger charge is -2.08. The summed E-state index contributed by atoms with van der Waals surface area (Å²) in [6.45, 7) is 9.16. The molecule has 0 rings (SSSR count). The van der Waals surface area contributed by atoms with Crippen LogP contribution in [0.15, 0.2) is 0 Å². The molecular formula is C15H30O7. The van der Waals surface area contributed by atoms with Crippen LogP contribution in [0.5, 0.6) is 0 Å². The molecule has 0 amide bonds. The Balaban J connectivity index is 3.20. The van der Waals surface area contributed by atoms with E-state index >= 15 is 0 Å². The summed E-state index contributed by atoms with van der Waals surface area (Å²) >= 11 is 0. The fourth-order valence-electron chi connectivity index (χ4n) is 1.25. The minimum absolute atomic E-state index is 0.0496. The highest BCUT2D eigenvalue weighted by Gasteiger charge is 2.03. The van der Waals surface area contributed by atoms with Gasteiger partial charge in [-0.3, -0.25) is 0 Å². The highest BCUT2D eigenvalue weighted by atomic mass is 17.2. The molecule has 7 nitrogen and oxygen atoms in total. The summed E-state index contributed by atoms with van der Waals surface area (Å²) in [5, 5.41) is 0. The molecule has 0 saturated carbocycles. The van der Waals surface area contributed by atoms with Crippen molar-refractivity contribution in [3.63, 3.8) is 0 Å². The van der Waals surface area contributed by atoms with Crippen molar-refractivity contribution in [2.45, 2.75) is 65.6 Å². The van der Waals surface area contributed by atoms with Gasteiger partial charge in [0.1, 0.15) is 0 Å². The van der Waals surface area contributed by atoms with Gasteiger partial charge < -0.3 is 9.47 Å². The second kappa shape index (κ2) is 15.0. The Morgan fingerprint density at radius 3 is 1.41 bits per heavy atom. The number of carbonyl (C=O) groups is 1. The summed E-state index contributed by atoms with van der Waals surface area (Å²) in [5.41, 5.74) is 0. The molecule has 0 aromatic heterocycles. The van der Waals surface area contributed by atoms with Crippen LogP contribution in [0.25, 0.3) is 0 Å². The van der Waals surface area contributed by atoms with Crippen LogP contribution in [0.4, 0.5) is 4.79 Å². The van der Waals surface area contributed by atoms with Crippen molar-refractivity contribution in [3.8, 4) is 0 Å². The van der Waals surface area contributed by atoms with Gasteiger partial charge in [0.25, 0.3) is 0 Å². The smallest absolute Gasteiger partial charge is 0.434 e.